The first-order chi connectivity index (χ1) is 11.0. The topological polar surface area (TPSA) is 96.1 Å². The maximum atomic E-state index is 12.7. The summed E-state index contributed by atoms with van der Waals surface area (Å²) in [5.74, 6) is -0.751. The molecule has 0 aliphatic rings. The number of hydrogen-bond acceptors (Lipinski definition) is 5. The van der Waals surface area contributed by atoms with E-state index >= 15 is 0 Å². The smallest absolute Gasteiger partial charge is 0.340 e. The molecular formula is C17H16N2O4. The Balaban J connectivity index is 2.51. The lowest BCUT2D eigenvalue weighted by molar-refractivity contribution is 0.0523. The summed E-state index contributed by atoms with van der Waals surface area (Å²) in [5, 5.41) is 9.28. The molecule has 0 amide bonds. The monoisotopic (exact) mass is 312 g/mol. The maximum absolute atomic E-state index is 12.7. The molecule has 0 unspecified atom stereocenters. The van der Waals surface area contributed by atoms with Crippen molar-refractivity contribution in [2.45, 2.75) is 20.8 Å². The molecule has 0 saturated carbocycles. The quantitative estimate of drug-likeness (QED) is 0.396. The molecule has 0 radical (unpaired) electrons. The van der Waals surface area contributed by atoms with E-state index in [0.717, 1.165) is 0 Å². The van der Waals surface area contributed by atoms with E-state index in [4.69, 9.17) is 9.15 Å². The molecular weight excluding hydrogens is 296 g/mol. The van der Waals surface area contributed by atoms with E-state index in [2.05, 4.69) is 4.98 Å². The number of nitrogens with zero attached hydrogens (tertiary/aromatic N) is 1. The molecule has 6 nitrogen and oxygen atoms in total. The van der Waals surface area contributed by atoms with Crippen LogP contribution in [0.15, 0.2) is 28.4 Å². The van der Waals surface area contributed by atoms with Gasteiger partial charge in [-0.15, -0.1) is 0 Å². The van der Waals surface area contributed by atoms with Crippen LogP contribution < -0.4 is 0 Å². The average Bonchev–Trinajstić information content (AvgIpc) is 3.11. The number of allylic oxidation sites excluding steroid dienone is 1. The third-order valence-corrected chi connectivity index (χ3v) is 3.28. The van der Waals surface area contributed by atoms with E-state index in [0.29, 0.717) is 17.1 Å². The van der Waals surface area contributed by atoms with Gasteiger partial charge in [0.25, 0.3) is 0 Å². The standard InChI is InChI=1S/C17H16N2O4/c1-4-22-17(21)15-11(3)19-10(2)14(15)16(20)12(9-18)8-13-6-5-7-23-13/h5-8,19H,4H2,1-3H3/b12-8+. The first kappa shape index (κ1) is 16.3. The molecule has 0 aromatic carbocycles. The predicted octanol–water partition coefficient (Wildman–Crippen LogP) is 3.19. The third-order valence-electron chi connectivity index (χ3n) is 3.28. The van der Waals surface area contributed by atoms with Crippen molar-refractivity contribution in [3.63, 3.8) is 0 Å². The number of ketones is 1. The lowest BCUT2D eigenvalue weighted by Crippen LogP contribution is -2.13. The molecule has 6 heteroatoms. The van der Waals surface area contributed by atoms with Crippen LogP contribution in [0.1, 0.15) is 44.8 Å². The predicted molar refractivity (Wildman–Crippen MR) is 82.9 cm³/mol. The van der Waals surface area contributed by atoms with Crippen molar-refractivity contribution in [3.8, 4) is 6.07 Å². The third kappa shape index (κ3) is 3.24. The average molecular weight is 312 g/mol. The maximum Gasteiger partial charge on any atom is 0.340 e. The van der Waals surface area contributed by atoms with Crippen LogP contribution in [-0.2, 0) is 4.74 Å². The first-order valence-electron chi connectivity index (χ1n) is 7.05. The fourth-order valence-corrected chi connectivity index (χ4v) is 2.32. The van der Waals surface area contributed by atoms with Crippen molar-refractivity contribution in [1.82, 2.24) is 4.98 Å². The molecule has 118 valence electrons. The minimum absolute atomic E-state index is 0.118. The largest absolute Gasteiger partial charge is 0.465 e. The minimum atomic E-state index is -0.590. The summed E-state index contributed by atoms with van der Waals surface area (Å²) in [6.45, 7) is 5.23. The van der Waals surface area contributed by atoms with Gasteiger partial charge in [0.05, 0.1) is 24.0 Å². The highest BCUT2D eigenvalue weighted by atomic mass is 16.5. The summed E-state index contributed by atoms with van der Waals surface area (Å²) >= 11 is 0. The second-order valence-electron chi connectivity index (χ2n) is 4.86. The van der Waals surface area contributed by atoms with Gasteiger partial charge in [0.2, 0.25) is 5.78 Å². The number of H-pyrrole nitrogens is 1. The van der Waals surface area contributed by atoms with Crippen LogP contribution in [0.5, 0.6) is 0 Å². The molecule has 2 aromatic heterocycles. The van der Waals surface area contributed by atoms with Gasteiger partial charge in [-0.3, -0.25) is 4.79 Å². The highest BCUT2D eigenvalue weighted by Gasteiger charge is 2.27. The van der Waals surface area contributed by atoms with Crippen LogP contribution in [0.3, 0.4) is 0 Å². The fourth-order valence-electron chi connectivity index (χ4n) is 2.32. The Hall–Kier alpha value is -3.07. The Bertz CT molecular complexity index is 805. The summed E-state index contributed by atoms with van der Waals surface area (Å²) < 4.78 is 10.1. The Morgan fingerprint density at radius 2 is 2.04 bits per heavy atom. The zero-order valence-electron chi connectivity index (χ0n) is 13.1. The van der Waals surface area contributed by atoms with Crippen molar-refractivity contribution < 1.29 is 18.7 Å². The van der Waals surface area contributed by atoms with Crippen molar-refractivity contribution in [1.29, 1.82) is 5.26 Å². The van der Waals surface area contributed by atoms with Gasteiger partial charge >= 0.3 is 5.97 Å². The second-order valence-corrected chi connectivity index (χ2v) is 4.86. The second kappa shape index (κ2) is 6.79. The SMILES string of the molecule is CCOC(=O)c1c(C)[nH]c(C)c1C(=O)/C(C#N)=C/c1ccco1. The van der Waals surface area contributed by atoms with Gasteiger partial charge in [-0.05, 0) is 32.9 Å². The number of aryl methyl sites for hydroxylation is 2. The van der Waals surface area contributed by atoms with Crippen molar-refractivity contribution in [2.24, 2.45) is 0 Å². The molecule has 1 N–H and O–H groups in total. The summed E-state index contributed by atoms with van der Waals surface area (Å²) in [4.78, 5) is 27.8. The van der Waals surface area contributed by atoms with Crippen LogP contribution in [0, 0.1) is 25.2 Å². The van der Waals surface area contributed by atoms with Crippen molar-refractivity contribution >= 4 is 17.8 Å². The highest BCUT2D eigenvalue weighted by Crippen LogP contribution is 2.23. The number of Topliss-reactive ketones (excluding diaryl/α,β-unsaturated/α-hetero) is 1. The normalized spacial score (nSPS) is 11.1. The number of aromatic nitrogens is 1. The molecule has 0 aliphatic carbocycles. The number of carbonyl (C=O) groups is 2. The minimum Gasteiger partial charge on any atom is -0.465 e. The fraction of sp³-hybridized carbons (Fsp3) is 0.235. The number of furan rings is 1. The lowest BCUT2D eigenvalue weighted by atomic mass is 9.99. The molecule has 0 atom stereocenters. The van der Waals surface area contributed by atoms with Crippen LogP contribution in [-0.4, -0.2) is 23.3 Å². The Morgan fingerprint density at radius 3 is 2.61 bits per heavy atom. The molecule has 2 heterocycles. The van der Waals surface area contributed by atoms with Crippen LogP contribution in [0.4, 0.5) is 0 Å². The Kier molecular flexibility index (Phi) is 4.82. The number of hydrogen-bond donors (Lipinski definition) is 1. The van der Waals surface area contributed by atoms with Gasteiger partial charge in [0.15, 0.2) is 0 Å². The number of nitrogens with one attached hydrogen (secondary N) is 1. The summed E-state index contributed by atoms with van der Waals surface area (Å²) in [5.41, 5.74) is 1.23. The number of aromatic amines is 1. The van der Waals surface area contributed by atoms with Crippen LogP contribution >= 0.6 is 0 Å². The number of esters is 1. The van der Waals surface area contributed by atoms with E-state index in [1.165, 1.54) is 12.3 Å². The van der Waals surface area contributed by atoms with E-state index in [9.17, 15) is 14.9 Å². The Labute approximate surface area is 133 Å². The van der Waals surface area contributed by atoms with Gasteiger partial charge in [-0.2, -0.15) is 5.26 Å². The van der Waals surface area contributed by atoms with Gasteiger partial charge in [-0.25, -0.2) is 4.79 Å². The number of ether oxygens (including phenoxy) is 1. The first-order valence-corrected chi connectivity index (χ1v) is 7.05. The zero-order chi connectivity index (χ0) is 17.0. The van der Waals surface area contributed by atoms with Gasteiger partial charge in [-0.1, -0.05) is 0 Å². The molecule has 0 spiro atoms. The van der Waals surface area contributed by atoms with Crippen molar-refractivity contribution in [2.75, 3.05) is 6.61 Å². The molecule has 2 aromatic rings. The van der Waals surface area contributed by atoms with Crippen molar-refractivity contribution in [3.05, 3.63) is 52.2 Å². The van der Waals surface area contributed by atoms with E-state index in [1.807, 2.05) is 6.07 Å². The summed E-state index contributed by atoms with van der Waals surface area (Å²) in [6, 6.07) is 5.14. The van der Waals surface area contributed by atoms with Gasteiger partial charge in [0.1, 0.15) is 17.4 Å². The molecule has 23 heavy (non-hydrogen) atoms. The van der Waals surface area contributed by atoms with Crippen LogP contribution in [0.25, 0.3) is 6.08 Å². The van der Waals surface area contributed by atoms with E-state index < -0.39 is 11.8 Å². The molecule has 0 aliphatic heterocycles. The molecule has 0 bridgehead atoms. The Morgan fingerprint density at radius 1 is 1.35 bits per heavy atom. The molecule has 0 saturated heterocycles. The lowest BCUT2D eigenvalue weighted by Gasteiger charge is -2.05. The van der Waals surface area contributed by atoms with Gasteiger partial charge < -0.3 is 14.1 Å². The number of rotatable bonds is 5. The summed E-state index contributed by atoms with van der Waals surface area (Å²) in [7, 11) is 0. The van der Waals surface area contributed by atoms with E-state index in [-0.39, 0.29) is 23.3 Å². The highest BCUT2D eigenvalue weighted by molar-refractivity contribution is 6.19. The number of carbonyl (C=O) groups excluding carboxylic acids is 2. The molecule has 0 fully saturated rings. The van der Waals surface area contributed by atoms with Crippen LogP contribution in [0.2, 0.25) is 0 Å². The molecule has 2 rings (SSSR count). The van der Waals surface area contributed by atoms with E-state index in [1.54, 1.807) is 32.9 Å². The van der Waals surface area contributed by atoms with Gasteiger partial charge in [0, 0.05) is 17.5 Å². The zero-order valence-corrected chi connectivity index (χ0v) is 13.1. The number of nitriles is 1. The summed E-state index contributed by atoms with van der Waals surface area (Å²) in [6.07, 6.45) is 2.79.